The van der Waals surface area contributed by atoms with Gasteiger partial charge >= 0.3 is 0 Å². The van der Waals surface area contributed by atoms with E-state index < -0.39 is 5.41 Å². The third-order valence-electron chi connectivity index (χ3n) is 15.7. The molecule has 64 heavy (non-hydrogen) atoms. The van der Waals surface area contributed by atoms with Crippen molar-refractivity contribution in [3.8, 4) is 33.8 Å². The summed E-state index contributed by atoms with van der Waals surface area (Å²) < 4.78 is 7.05. The number of benzene rings is 9. The molecule has 2 heteroatoms. The van der Waals surface area contributed by atoms with Gasteiger partial charge in [-0.05, 0) is 126 Å². The molecule has 0 radical (unpaired) electrons. The quantitative estimate of drug-likeness (QED) is 0.176. The second-order valence-electron chi connectivity index (χ2n) is 20.0. The number of nitrogens with zero attached hydrogens (tertiary/aromatic N) is 1. The SMILES string of the molecule is CC1(C)c2ccccc2-c2ccc(N(c3ccc4c(c3)C(C)(C)c3ccccc3-4)c3ccc4c(c3)C3(c5ccccc5O4)c4ccccc4C(C)(C)c4c3ccc3ccccc43)cc21. The monoisotopic (exact) mass is 823 g/mol. The molecule has 1 atom stereocenters. The van der Waals surface area contributed by atoms with Gasteiger partial charge in [-0.15, -0.1) is 0 Å². The number of rotatable bonds is 3. The van der Waals surface area contributed by atoms with E-state index in [1.807, 2.05) is 0 Å². The van der Waals surface area contributed by atoms with Crippen molar-refractivity contribution in [2.75, 3.05) is 4.90 Å². The molecular weight excluding hydrogens is 775 g/mol. The minimum Gasteiger partial charge on any atom is -0.457 e. The average molecular weight is 824 g/mol. The van der Waals surface area contributed by atoms with Gasteiger partial charge in [-0.3, -0.25) is 0 Å². The molecule has 1 unspecified atom stereocenters. The Balaban J connectivity index is 1.11. The summed E-state index contributed by atoms with van der Waals surface area (Å²) in [5.41, 5.74) is 20.5. The Hall–Kier alpha value is -7.16. The van der Waals surface area contributed by atoms with Gasteiger partial charge in [-0.2, -0.15) is 0 Å². The lowest BCUT2D eigenvalue weighted by molar-refractivity contribution is 0.426. The van der Waals surface area contributed by atoms with Crippen molar-refractivity contribution >= 4 is 27.8 Å². The average Bonchev–Trinajstić information content (AvgIpc) is 3.69. The van der Waals surface area contributed by atoms with Gasteiger partial charge in [-0.1, -0.05) is 181 Å². The first-order chi connectivity index (χ1) is 31.0. The standard InChI is InChI=1S/C62H49NO/c1-59(2)47-21-11-9-19-43(47)45-31-28-39(35-53(45)59)63(40-29-32-46-44-20-10-12-22-48(44)60(3,4)54(46)36-40)41-30-34-57-55(37-41)62(51-25-15-16-26-56(51)64-57)50-24-14-13-23-49(50)61(5,6)58-42-18-8-7-17-38(42)27-33-52(58)62/h7-37H,1-6H3. The molecule has 0 bridgehead atoms. The van der Waals surface area contributed by atoms with Gasteiger partial charge in [0.25, 0.3) is 0 Å². The van der Waals surface area contributed by atoms with Crippen LogP contribution in [0.3, 0.4) is 0 Å². The second-order valence-corrected chi connectivity index (χ2v) is 20.0. The van der Waals surface area contributed by atoms with Crippen LogP contribution in [0.1, 0.15) is 97.2 Å². The van der Waals surface area contributed by atoms with Crippen LogP contribution in [-0.2, 0) is 21.7 Å². The largest absolute Gasteiger partial charge is 0.457 e. The molecule has 13 rings (SSSR count). The summed E-state index contributed by atoms with van der Waals surface area (Å²) in [6.07, 6.45) is 0. The summed E-state index contributed by atoms with van der Waals surface area (Å²) in [4.78, 5) is 2.51. The van der Waals surface area contributed by atoms with Crippen LogP contribution in [0.2, 0.25) is 0 Å². The summed E-state index contributed by atoms with van der Waals surface area (Å²) in [5, 5.41) is 2.55. The molecule has 1 aliphatic heterocycles. The maximum Gasteiger partial charge on any atom is 0.132 e. The molecule has 2 nitrogen and oxygen atoms in total. The van der Waals surface area contributed by atoms with Crippen LogP contribution < -0.4 is 9.64 Å². The van der Waals surface area contributed by atoms with E-state index in [4.69, 9.17) is 4.74 Å². The second kappa shape index (κ2) is 12.7. The zero-order valence-electron chi connectivity index (χ0n) is 37.3. The van der Waals surface area contributed by atoms with Crippen LogP contribution in [0.25, 0.3) is 33.0 Å². The summed E-state index contributed by atoms with van der Waals surface area (Å²) in [5.74, 6) is 1.78. The third kappa shape index (κ3) is 4.70. The first kappa shape index (κ1) is 37.4. The van der Waals surface area contributed by atoms with Crippen LogP contribution in [0, 0.1) is 0 Å². The Kier molecular flexibility index (Phi) is 7.44. The van der Waals surface area contributed by atoms with Crippen molar-refractivity contribution < 1.29 is 4.74 Å². The Morgan fingerprint density at radius 2 is 0.797 bits per heavy atom. The fourth-order valence-electron chi connectivity index (χ4n) is 12.8. The molecule has 9 aromatic carbocycles. The normalized spacial score (nSPS) is 18.1. The first-order valence-electron chi connectivity index (χ1n) is 22.8. The topological polar surface area (TPSA) is 12.5 Å². The smallest absolute Gasteiger partial charge is 0.132 e. The minimum absolute atomic E-state index is 0.155. The first-order valence-corrected chi connectivity index (χ1v) is 22.8. The van der Waals surface area contributed by atoms with E-state index in [2.05, 4.69) is 234 Å². The number of para-hydroxylation sites is 1. The highest BCUT2D eigenvalue weighted by atomic mass is 16.5. The van der Waals surface area contributed by atoms with E-state index in [9.17, 15) is 0 Å². The fourth-order valence-corrected chi connectivity index (χ4v) is 12.8. The molecule has 0 saturated heterocycles. The molecule has 0 aromatic heterocycles. The van der Waals surface area contributed by atoms with E-state index >= 15 is 0 Å². The summed E-state index contributed by atoms with van der Waals surface area (Å²) in [6.45, 7) is 14.3. The van der Waals surface area contributed by atoms with Crippen molar-refractivity contribution in [2.45, 2.75) is 63.2 Å². The molecule has 0 amide bonds. The number of hydrogen-bond acceptors (Lipinski definition) is 2. The molecule has 1 spiro atoms. The van der Waals surface area contributed by atoms with Gasteiger partial charge in [0.1, 0.15) is 11.5 Å². The lowest BCUT2D eigenvalue weighted by Gasteiger charge is -2.50. The molecule has 308 valence electrons. The van der Waals surface area contributed by atoms with Crippen LogP contribution in [0.15, 0.2) is 188 Å². The van der Waals surface area contributed by atoms with Crippen LogP contribution in [0.5, 0.6) is 11.5 Å². The van der Waals surface area contributed by atoms with Crippen molar-refractivity contribution in [1.29, 1.82) is 0 Å². The van der Waals surface area contributed by atoms with Crippen molar-refractivity contribution in [2.24, 2.45) is 0 Å². The molecular formula is C62H49NO. The van der Waals surface area contributed by atoms with E-state index in [-0.39, 0.29) is 16.2 Å². The fraction of sp³-hybridized carbons (Fsp3) is 0.161. The van der Waals surface area contributed by atoms with Gasteiger partial charge in [0.05, 0.1) is 5.41 Å². The maximum atomic E-state index is 7.05. The van der Waals surface area contributed by atoms with Crippen LogP contribution in [0.4, 0.5) is 17.1 Å². The van der Waals surface area contributed by atoms with E-state index in [0.717, 1.165) is 34.1 Å². The van der Waals surface area contributed by atoms with Crippen molar-refractivity contribution in [1.82, 2.24) is 0 Å². The molecule has 0 N–H and O–H groups in total. The number of anilines is 3. The number of hydrogen-bond donors (Lipinski definition) is 0. The zero-order valence-corrected chi connectivity index (χ0v) is 37.3. The molecule has 0 saturated carbocycles. The van der Waals surface area contributed by atoms with E-state index in [0.29, 0.717) is 0 Å². The molecule has 1 heterocycles. The minimum atomic E-state index is -0.666. The van der Waals surface area contributed by atoms with Gasteiger partial charge in [-0.25, -0.2) is 0 Å². The van der Waals surface area contributed by atoms with E-state index in [1.54, 1.807) is 0 Å². The highest BCUT2D eigenvalue weighted by Gasteiger charge is 2.53. The number of fused-ring (bicyclic) bond motifs is 16. The summed E-state index contributed by atoms with van der Waals surface area (Å²) >= 11 is 0. The van der Waals surface area contributed by atoms with Gasteiger partial charge in [0.2, 0.25) is 0 Å². The highest BCUT2D eigenvalue weighted by Crippen LogP contribution is 2.63. The van der Waals surface area contributed by atoms with Crippen molar-refractivity contribution in [3.63, 3.8) is 0 Å². The Bertz CT molecular complexity index is 3370. The van der Waals surface area contributed by atoms with E-state index in [1.165, 1.54) is 83.1 Å². The molecule has 4 aliphatic rings. The Morgan fingerprint density at radius 1 is 0.328 bits per heavy atom. The predicted molar refractivity (Wildman–Crippen MR) is 264 cm³/mol. The summed E-state index contributed by atoms with van der Waals surface area (Å²) in [7, 11) is 0. The Morgan fingerprint density at radius 3 is 1.44 bits per heavy atom. The van der Waals surface area contributed by atoms with Crippen molar-refractivity contribution in [3.05, 3.63) is 244 Å². The number of ether oxygens (including phenoxy) is 1. The molecule has 3 aliphatic carbocycles. The lowest BCUT2D eigenvalue weighted by Crippen LogP contribution is -2.43. The summed E-state index contributed by atoms with van der Waals surface area (Å²) in [6, 6.07) is 70.8. The molecule has 9 aromatic rings. The van der Waals surface area contributed by atoms with Gasteiger partial charge in [0, 0.05) is 44.4 Å². The maximum absolute atomic E-state index is 7.05. The molecule has 0 fully saturated rings. The zero-order chi connectivity index (χ0) is 43.3. The van der Waals surface area contributed by atoms with Crippen LogP contribution in [-0.4, -0.2) is 0 Å². The van der Waals surface area contributed by atoms with Gasteiger partial charge < -0.3 is 9.64 Å². The van der Waals surface area contributed by atoms with Gasteiger partial charge in [0.15, 0.2) is 0 Å². The predicted octanol–water partition coefficient (Wildman–Crippen LogP) is 16.0. The third-order valence-corrected chi connectivity index (χ3v) is 15.7. The van der Waals surface area contributed by atoms with Crippen LogP contribution >= 0.6 is 0 Å². The highest BCUT2D eigenvalue weighted by molar-refractivity contribution is 5.93. The Labute approximate surface area is 376 Å². The lowest BCUT2D eigenvalue weighted by atomic mass is 9.53.